The number of nitrogens with zero attached hydrogens (tertiary/aromatic N) is 1. The van der Waals surface area contributed by atoms with Crippen molar-refractivity contribution in [3.8, 4) is 5.75 Å². The highest BCUT2D eigenvalue weighted by atomic mass is 32.2. The fraction of sp³-hybridized carbons (Fsp3) is 0.227. The number of ether oxygens (including phenoxy) is 1. The lowest BCUT2D eigenvalue weighted by Crippen LogP contribution is -2.25. The Morgan fingerprint density at radius 3 is 2.59 bits per heavy atom. The summed E-state index contributed by atoms with van der Waals surface area (Å²) in [5.74, 6) is 0.532. The topological polar surface area (TPSA) is 75.7 Å². The van der Waals surface area contributed by atoms with E-state index < -0.39 is 10.0 Å². The monoisotopic (exact) mass is 410 g/mol. The Morgan fingerprint density at radius 2 is 1.86 bits per heavy atom. The third kappa shape index (κ3) is 4.19. The minimum absolute atomic E-state index is 0.111. The van der Waals surface area contributed by atoms with E-state index in [4.69, 9.17) is 4.74 Å². The Morgan fingerprint density at radius 1 is 1.07 bits per heavy atom. The summed E-state index contributed by atoms with van der Waals surface area (Å²) in [4.78, 5) is 12.3. The molecule has 150 valence electrons. The number of hydrogen-bond acceptors (Lipinski definition) is 4. The van der Waals surface area contributed by atoms with E-state index in [1.54, 1.807) is 18.2 Å². The molecule has 0 aromatic heterocycles. The van der Waals surface area contributed by atoms with Crippen molar-refractivity contribution in [1.29, 1.82) is 0 Å². The molecule has 1 amide bonds. The number of aryl methyl sites for hydroxylation is 1. The fourth-order valence-electron chi connectivity index (χ4n) is 3.47. The molecule has 1 aliphatic rings. The highest BCUT2D eigenvalue weighted by Crippen LogP contribution is 2.28. The largest absolute Gasteiger partial charge is 0.484 e. The van der Waals surface area contributed by atoms with Crippen molar-refractivity contribution in [1.82, 2.24) is 0 Å². The Bertz CT molecular complexity index is 1170. The van der Waals surface area contributed by atoms with Crippen LogP contribution in [0.25, 0.3) is 10.8 Å². The van der Waals surface area contributed by atoms with E-state index >= 15 is 0 Å². The molecular formula is C22H22N2O4S. The molecule has 0 unspecified atom stereocenters. The van der Waals surface area contributed by atoms with Crippen LogP contribution in [0.3, 0.4) is 0 Å². The van der Waals surface area contributed by atoms with Crippen LogP contribution in [0.2, 0.25) is 0 Å². The minimum Gasteiger partial charge on any atom is -0.484 e. The molecule has 0 saturated carbocycles. The van der Waals surface area contributed by atoms with E-state index in [0.29, 0.717) is 30.1 Å². The maximum absolute atomic E-state index is 12.3. The van der Waals surface area contributed by atoms with Gasteiger partial charge in [0, 0.05) is 12.2 Å². The molecular weight excluding hydrogens is 388 g/mol. The Balaban J connectivity index is 1.40. The molecule has 1 N–H and O–H groups in total. The van der Waals surface area contributed by atoms with Gasteiger partial charge in [0.05, 0.1) is 11.4 Å². The Hall–Kier alpha value is -3.06. The predicted octanol–water partition coefficient (Wildman–Crippen LogP) is 3.71. The zero-order chi connectivity index (χ0) is 20.4. The number of carbonyl (C=O) groups excluding carboxylic acids is 1. The number of fused-ring (bicyclic) bond motifs is 1. The van der Waals surface area contributed by atoms with Crippen molar-refractivity contribution in [2.75, 3.05) is 28.5 Å². The van der Waals surface area contributed by atoms with Gasteiger partial charge in [-0.3, -0.25) is 9.10 Å². The van der Waals surface area contributed by atoms with Crippen LogP contribution in [0, 0.1) is 6.92 Å². The van der Waals surface area contributed by atoms with Crippen molar-refractivity contribution in [2.45, 2.75) is 13.3 Å². The first kappa shape index (κ1) is 19.3. The lowest BCUT2D eigenvalue weighted by Gasteiger charge is -2.18. The van der Waals surface area contributed by atoms with Gasteiger partial charge in [-0.25, -0.2) is 8.42 Å². The average Bonchev–Trinajstić information content (AvgIpc) is 3.07. The summed E-state index contributed by atoms with van der Waals surface area (Å²) < 4.78 is 31.2. The maximum Gasteiger partial charge on any atom is 0.262 e. The highest BCUT2D eigenvalue weighted by Gasteiger charge is 2.28. The summed E-state index contributed by atoms with van der Waals surface area (Å²) in [5, 5.41) is 4.99. The number of carbonyl (C=O) groups is 1. The summed E-state index contributed by atoms with van der Waals surface area (Å²) >= 11 is 0. The first-order valence-electron chi connectivity index (χ1n) is 9.45. The van der Waals surface area contributed by atoms with E-state index in [1.807, 2.05) is 49.4 Å². The van der Waals surface area contributed by atoms with Gasteiger partial charge in [-0.15, -0.1) is 0 Å². The first-order valence-corrected chi connectivity index (χ1v) is 11.1. The van der Waals surface area contributed by atoms with Gasteiger partial charge in [-0.2, -0.15) is 0 Å². The van der Waals surface area contributed by atoms with Gasteiger partial charge in [0.1, 0.15) is 5.75 Å². The maximum atomic E-state index is 12.3. The zero-order valence-corrected chi connectivity index (χ0v) is 16.9. The van der Waals surface area contributed by atoms with Gasteiger partial charge < -0.3 is 10.1 Å². The molecule has 3 aromatic rings. The fourth-order valence-corrected chi connectivity index (χ4v) is 5.02. The molecule has 3 aromatic carbocycles. The van der Waals surface area contributed by atoms with Gasteiger partial charge in [-0.1, -0.05) is 30.3 Å². The molecule has 1 saturated heterocycles. The summed E-state index contributed by atoms with van der Waals surface area (Å²) in [7, 11) is -3.22. The molecule has 0 atom stereocenters. The molecule has 0 bridgehead atoms. The molecule has 1 heterocycles. The normalized spacial score (nSPS) is 15.4. The molecule has 1 fully saturated rings. The summed E-state index contributed by atoms with van der Waals surface area (Å²) in [5.41, 5.74) is 2.06. The average molecular weight is 410 g/mol. The van der Waals surface area contributed by atoms with Crippen molar-refractivity contribution >= 4 is 38.1 Å². The molecule has 6 nitrogen and oxygen atoms in total. The quantitative estimate of drug-likeness (QED) is 0.696. The van der Waals surface area contributed by atoms with Crippen LogP contribution in [-0.2, 0) is 14.8 Å². The zero-order valence-electron chi connectivity index (χ0n) is 16.1. The third-order valence-electron chi connectivity index (χ3n) is 4.96. The summed E-state index contributed by atoms with van der Waals surface area (Å²) in [6.45, 7) is 2.22. The van der Waals surface area contributed by atoms with Crippen LogP contribution in [0.4, 0.5) is 11.4 Å². The Kier molecular flexibility index (Phi) is 5.15. The minimum atomic E-state index is -3.22. The first-order chi connectivity index (χ1) is 13.9. The van der Waals surface area contributed by atoms with Crippen LogP contribution in [0.5, 0.6) is 5.75 Å². The van der Waals surface area contributed by atoms with E-state index in [0.717, 1.165) is 16.3 Å². The van der Waals surface area contributed by atoms with Gasteiger partial charge in [0.2, 0.25) is 10.0 Å². The molecule has 1 aliphatic heterocycles. The SMILES string of the molecule is Cc1cc(N2CCCS2(=O)=O)ccc1NC(=O)COc1ccc2ccccc2c1. The van der Waals surface area contributed by atoms with Crippen molar-refractivity contribution in [3.05, 3.63) is 66.2 Å². The van der Waals surface area contributed by atoms with Crippen molar-refractivity contribution < 1.29 is 17.9 Å². The van der Waals surface area contributed by atoms with Crippen LogP contribution >= 0.6 is 0 Å². The third-order valence-corrected chi connectivity index (χ3v) is 6.83. The second kappa shape index (κ2) is 7.75. The smallest absolute Gasteiger partial charge is 0.262 e. The van der Waals surface area contributed by atoms with Crippen molar-refractivity contribution in [3.63, 3.8) is 0 Å². The Labute approximate surface area is 170 Å². The lowest BCUT2D eigenvalue weighted by molar-refractivity contribution is -0.118. The number of amides is 1. The molecule has 0 aliphatic carbocycles. The van der Waals surface area contributed by atoms with Crippen LogP contribution in [-0.4, -0.2) is 33.2 Å². The van der Waals surface area contributed by atoms with Crippen LogP contribution in [0.15, 0.2) is 60.7 Å². The lowest BCUT2D eigenvalue weighted by atomic mass is 10.1. The summed E-state index contributed by atoms with van der Waals surface area (Å²) in [6.07, 6.45) is 0.631. The number of benzene rings is 3. The highest BCUT2D eigenvalue weighted by molar-refractivity contribution is 7.93. The van der Waals surface area contributed by atoms with Gasteiger partial charge in [0.25, 0.3) is 5.91 Å². The number of sulfonamides is 1. The molecule has 0 spiro atoms. The van der Waals surface area contributed by atoms with Gasteiger partial charge in [-0.05, 0) is 60.0 Å². The van der Waals surface area contributed by atoms with E-state index in [-0.39, 0.29) is 18.3 Å². The molecule has 29 heavy (non-hydrogen) atoms. The van der Waals surface area contributed by atoms with Crippen LogP contribution < -0.4 is 14.4 Å². The van der Waals surface area contributed by atoms with Gasteiger partial charge in [0.15, 0.2) is 6.61 Å². The molecule has 0 radical (unpaired) electrons. The predicted molar refractivity (Wildman–Crippen MR) is 115 cm³/mol. The number of hydrogen-bond donors (Lipinski definition) is 1. The summed E-state index contributed by atoms with van der Waals surface area (Å²) in [6, 6.07) is 18.9. The van der Waals surface area contributed by atoms with E-state index in [1.165, 1.54) is 4.31 Å². The number of rotatable bonds is 5. The molecule has 4 rings (SSSR count). The standard InChI is InChI=1S/C22H22N2O4S/c1-16-13-19(24-11-4-12-29(24,26)27)8-10-21(16)23-22(25)15-28-20-9-7-17-5-2-3-6-18(17)14-20/h2-3,5-10,13-14H,4,11-12,15H2,1H3,(H,23,25). The van der Waals surface area contributed by atoms with Crippen molar-refractivity contribution in [2.24, 2.45) is 0 Å². The van der Waals surface area contributed by atoms with Gasteiger partial charge >= 0.3 is 0 Å². The second-order valence-electron chi connectivity index (χ2n) is 7.09. The van der Waals surface area contributed by atoms with E-state index in [2.05, 4.69) is 5.32 Å². The second-order valence-corrected chi connectivity index (χ2v) is 9.10. The number of nitrogens with one attached hydrogen (secondary N) is 1. The van der Waals surface area contributed by atoms with Crippen LogP contribution in [0.1, 0.15) is 12.0 Å². The molecule has 7 heteroatoms. The van der Waals surface area contributed by atoms with E-state index in [9.17, 15) is 13.2 Å². The number of anilines is 2.